The van der Waals surface area contributed by atoms with Crippen molar-refractivity contribution in [3.63, 3.8) is 0 Å². The fourth-order valence-corrected chi connectivity index (χ4v) is 2.78. The van der Waals surface area contributed by atoms with Crippen LogP contribution in [0, 0.1) is 5.41 Å². The van der Waals surface area contributed by atoms with Gasteiger partial charge in [0.25, 0.3) is 0 Å². The summed E-state index contributed by atoms with van der Waals surface area (Å²) in [6.45, 7) is 5.01. The monoisotopic (exact) mass is 246 g/mol. The van der Waals surface area contributed by atoms with Gasteiger partial charge in [0.15, 0.2) is 11.6 Å². The van der Waals surface area contributed by atoms with Gasteiger partial charge in [0.1, 0.15) is 6.10 Å². The molecule has 0 spiro atoms. The third kappa shape index (κ3) is 2.05. The third-order valence-corrected chi connectivity index (χ3v) is 3.69. The third-order valence-electron chi connectivity index (χ3n) is 3.69. The smallest absolute Gasteiger partial charge is 0.166 e. The summed E-state index contributed by atoms with van der Waals surface area (Å²) in [5, 5.41) is 0. The van der Waals surface area contributed by atoms with E-state index in [1.165, 1.54) is 0 Å². The highest BCUT2D eigenvalue weighted by molar-refractivity contribution is 5.98. The van der Waals surface area contributed by atoms with Crippen LogP contribution in [-0.2, 0) is 11.2 Å². The van der Waals surface area contributed by atoms with E-state index in [0.717, 1.165) is 37.4 Å². The van der Waals surface area contributed by atoms with Crippen molar-refractivity contribution in [2.24, 2.45) is 5.41 Å². The van der Waals surface area contributed by atoms with Gasteiger partial charge in [-0.1, -0.05) is 13.8 Å². The molecule has 0 aromatic carbocycles. The molecule has 4 heteroatoms. The Hall–Kier alpha value is -1.29. The van der Waals surface area contributed by atoms with Crippen LogP contribution in [0.1, 0.15) is 61.1 Å². The lowest BCUT2D eigenvalue weighted by atomic mass is 9.76. The first-order valence-electron chi connectivity index (χ1n) is 6.56. The molecule has 1 aliphatic carbocycles. The summed E-state index contributed by atoms with van der Waals surface area (Å²) < 4.78 is 5.60. The summed E-state index contributed by atoms with van der Waals surface area (Å²) in [4.78, 5) is 20.9. The van der Waals surface area contributed by atoms with E-state index in [1.54, 1.807) is 6.20 Å². The minimum atomic E-state index is 0.00619. The number of aromatic nitrogens is 2. The number of nitrogens with zero attached hydrogens (tertiary/aromatic N) is 2. The largest absolute Gasteiger partial charge is 0.370 e. The van der Waals surface area contributed by atoms with Crippen molar-refractivity contribution in [2.75, 3.05) is 6.61 Å². The minimum absolute atomic E-state index is 0.00619. The van der Waals surface area contributed by atoms with E-state index < -0.39 is 0 Å². The van der Waals surface area contributed by atoms with Gasteiger partial charge in [-0.25, -0.2) is 9.97 Å². The van der Waals surface area contributed by atoms with Crippen LogP contribution >= 0.6 is 0 Å². The Bertz CT molecular complexity index is 491. The second kappa shape index (κ2) is 4.12. The predicted octanol–water partition coefficient (Wildman–Crippen LogP) is 2.48. The van der Waals surface area contributed by atoms with Gasteiger partial charge in [-0.15, -0.1) is 0 Å². The number of ketones is 1. The van der Waals surface area contributed by atoms with Gasteiger partial charge < -0.3 is 4.74 Å². The van der Waals surface area contributed by atoms with E-state index in [9.17, 15) is 4.79 Å². The van der Waals surface area contributed by atoms with E-state index in [2.05, 4.69) is 23.8 Å². The molecule has 1 aromatic heterocycles. The van der Waals surface area contributed by atoms with Gasteiger partial charge in [0.05, 0.1) is 11.3 Å². The number of hydrogen-bond acceptors (Lipinski definition) is 4. The molecule has 0 radical (unpaired) electrons. The number of ether oxygens (including phenoxy) is 1. The first-order chi connectivity index (χ1) is 8.55. The Morgan fingerprint density at radius 3 is 2.94 bits per heavy atom. The first kappa shape index (κ1) is 11.8. The van der Waals surface area contributed by atoms with Crippen molar-refractivity contribution in [2.45, 2.75) is 45.6 Å². The van der Waals surface area contributed by atoms with Gasteiger partial charge in [-0.2, -0.15) is 0 Å². The van der Waals surface area contributed by atoms with Crippen molar-refractivity contribution < 1.29 is 9.53 Å². The fraction of sp³-hybridized carbons (Fsp3) is 0.643. The zero-order chi connectivity index (χ0) is 12.8. The average Bonchev–Trinajstić information content (AvgIpc) is 2.79. The van der Waals surface area contributed by atoms with Crippen molar-refractivity contribution in [1.29, 1.82) is 0 Å². The average molecular weight is 246 g/mol. The van der Waals surface area contributed by atoms with Crippen LogP contribution in [-0.4, -0.2) is 22.4 Å². The second-order valence-corrected chi connectivity index (χ2v) is 6.03. The molecule has 2 aliphatic rings. The maximum atomic E-state index is 12.0. The SMILES string of the molecule is CC1(C)CC(=O)c2cnc(C3CCCO3)nc2C1. The normalized spacial score (nSPS) is 26.1. The lowest BCUT2D eigenvalue weighted by Gasteiger charge is -2.29. The van der Waals surface area contributed by atoms with Crippen LogP contribution in [0.25, 0.3) is 0 Å². The number of carbonyl (C=O) groups is 1. The van der Waals surface area contributed by atoms with E-state index in [-0.39, 0.29) is 17.3 Å². The lowest BCUT2D eigenvalue weighted by Crippen LogP contribution is -2.28. The summed E-state index contributed by atoms with van der Waals surface area (Å²) in [7, 11) is 0. The van der Waals surface area contributed by atoms with Gasteiger partial charge >= 0.3 is 0 Å². The molecule has 1 aliphatic heterocycles. The first-order valence-corrected chi connectivity index (χ1v) is 6.56. The highest BCUT2D eigenvalue weighted by atomic mass is 16.5. The second-order valence-electron chi connectivity index (χ2n) is 6.03. The van der Waals surface area contributed by atoms with E-state index in [1.807, 2.05) is 0 Å². The van der Waals surface area contributed by atoms with E-state index in [4.69, 9.17) is 4.74 Å². The van der Waals surface area contributed by atoms with Crippen LogP contribution in [0.3, 0.4) is 0 Å². The number of fused-ring (bicyclic) bond motifs is 1. The molecule has 1 fully saturated rings. The molecular formula is C14H18N2O2. The maximum absolute atomic E-state index is 12.0. The molecule has 1 unspecified atom stereocenters. The van der Waals surface area contributed by atoms with Gasteiger partial charge in [0.2, 0.25) is 0 Å². The summed E-state index contributed by atoms with van der Waals surface area (Å²) in [5.74, 6) is 0.914. The zero-order valence-corrected chi connectivity index (χ0v) is 10.9. The van der Waals surface area contributed by atoms with Crippen LogP contribution in [0.4, 0.5) is 0 Å². The molecule has 0 saturated carbocycles. The summed E-state index contributed by atoms with van der Waals surface area (Å²) >= 11 is 0. The molecule has 1 saturated heterocycles. The molecule has 2 heterocycles. The topological polar surface area (TPSA) is 52.1 Å². The minimum Gasteiger partial charge on any atom is -0.370 e. The quantitative estimate of drug-likeness (QED) is 0.764. The number of rotatable bonds is 1. The van der Waals surface area contributed by atoms with Crippen molar-refractivity contribution in [3.8, 4) is 0 Å². The highest BCUT2D eigenvalue weighted by Gasteiger charge is 2.33. The van der Waals surface area contributed by atoms with Crippen LogP contribution in [0.15, 0.2) is 6.20 Å². The summed E-state index contributed by atoms with van der Waals surface area (Å²) in [5.41, 5.74) is 1.61. The Balaban J connectivity index is 1.96. The maximum Gasteiger partial charge on any atom is 0.166 e. The number of hydrogen-bond donors (Lipinski definition) is 0. The molecule has 1 atom stereocenters. The van der Waals surface area contributed by atoms with Gasteiger partial charge in [-0.05, 0) is 24.7 Å². The Morgan fingerprint density at radius 1 is 1.39 bits per heavy atom. The molecule has 4 nitrogen and oxygen atoms in total. The molecule has 18 heavy (non-hydrogen) atoms. The van der Waals surface area contributed by atoms with Gasteiger partial charge in [-0.3, -0.25) is 4.79 Å². The van der Waals surface area contributed by atoms with Gasteiger partial charge in [0, 0.05) is 19.2 Å². The van der Waals surface area contributed by atoms with Crippen LogP contribution < -0.4 is 0 Å². The summed E-state index contributed by atoms with van der Waals surface area (Å²) in [6.07, 6.45) is 5.19. The number of Topliss-reactive ketones (excluding diaryl/α,β-unsaturated/α-hetero) is 1. The molecular weight excluding hydrogens is 228 g/mol. The Labute approximate surface area is 107 Å². The van der Waals surface area contributed by atoms with E-state index >= 15 is 0 Å². The molecule has 3 rings (SSSR count). The summed E-state index contributed by atoms with van der Waals surface area (Å²) in [6, 6.07) is 0. The zero-order valence-electron chi connectivity index (χ0n) is 10.9. The van der Waals surface area contributed by atoms with E-state index in [0.29, 0.717) is 12.0 Å². The van der Waals surface area contributed by atoms with Crippen LogP contribution in [0.2, 0.25) is 0 Å². The van der Waals surface area contributed by atoms with Crippen molar-refractivity contribution in [1.82, 2.24) is 9.97 Å². The molecule has 0 amide bonds. The highest BCUT2D eigenvalue weighted by Crippen LogP contribution is 2.34. The van der Waals surface area contributed by atoms with Crippen LogP contribution in [0.5, 0.6) is 0 Å². The predicted molar refractivity (Wildman–Crippen MR) is 66.4 cm³/mol. The lowest BCUT2D eigenvalue weighted by molar-refractivity contribution is 0.0901. The Morgan fingerprint density at radius 2 is 2.22 bits per heavy atom. The van der Waals surface area contributed by atoms with Crippen molar-refractivity contribution in [3.05, 3.63) is 23.3 Å². The molecule has 0 bridgehead atoms. The Kier molecular flexibility index (Phi) is 2.70. The molecule has 1 aromatic rings. The molecule has 96 valence electrons. The molecule has 0 N–H and O–H groups in total. The standard InChI is InChI=1S/C14H18N2O2/c1-14(2)6-10-9(11(17)7-14)8-15-13(16-10)12-4-3-5-18-12/h8,12H,3-7H2,1-2H3. The number of carbonyl (C=O) groups excluding carboxylic acids is 1. The fourth-order valence-electron chi connectivity index (χ4n) is 2.78. The van der Waals surface area contributed by atoms with Crippen molar-refractivity contribution >= 4 is 5.78 Å².